The lowest BCUT2D eigenvalue weighted by atomic mass is 10.2. The molecule has 0 aliphatic heterocycles. The fourth-order valence-corrected chi connectivity index (χ4v) is 1.87. The zero-order chi connectivity index (χ0) is 13.7. The highest BCUT2D eigenvalue weighted by atomic mass is 32.2. The van der Waals surface area contributed by atoms with E-state index in [0.717, 1.165) is 5.69 Å². The topological polar surface area (TPSA) is 84.2 Å². The average molecular weight is 271 g/mol. The summed E-state index contributed by atoms with van der Waals surface area (Å²) in [6.45, 7) is 1.83. The molecule has 0 bridgehead atoms. The molecule has 0 saturated carbocycles. The summed E-state index contributed by atoms with van der Waals surface area (Å²) in [5.41, 5.74) is 1.08. The van der Waals surface area contributed by atoms with Crippen LogP contribution in [0.5, 0.6) is 0 Å². The fraction of sp³-hybridized carbons (Fsp3) is 0.545. The highest BCUT2D eigenvalue weighted by Crippen LogP contribution is 2.04. The number of hydrogen-bond donors (Lipinski definition) is 2. The highest BCUT2D eigenvalue weighted by Gasteiger charge is 2.21. The minimum absolute atomic E-state index is 0.241. The zero-order valence-electron chi connectivity index (χ0n) is 10.6. The lowest BCUT2D eigenvalue weighted by molar-refractivity contribution is -0.139. The molecule has 0 saturated heterocycles. The zero-order valence-corrected chi connectivity index (χ0v) is 11.5. The van der Waals surface area contributed by atoms with Gasteiger partial charge in [0.1, 0.15) is 11.7 Å². The quantitative estimate of drug-likeness (QED) is 0.794. The number of carboxylic acid groups (broad SMARTS) is 1. The molecule has 1 rings (SSSR count). The summed E-state index contributed by atoms with van der Waals surface area (Å²) in [5, 5.41) is 15.5. The molecule has 0 radical (unpaired) electrons. The molecule has 0 aliphatic carbocycles. The number of carboxylic acids is 1. The molecule has 0 aliphatic rings. The van der Waals surface area contributed by atoms with E-state index in [4.69, 9.17) is 5.11 Å². The lowest BCUT2D eigenvalue weighted by Crippen LogP contribution is -2.41. The third kappa shape index (κ3) is 3.76. The Hall–Kier alpha value is -1.50. The Morgan fingerprint density at radius 1 is 1.61 bits per heavy atom. The molecule has 0 spiro atoms. The molecule has 1 atom stereocenters. The molecule has 7 heteroatoms. The number of amides is 1. The van der Waals surface area contributed by atoms with E-state index in [2.05, 4.69) is 10.4 Å². The minimum atomic E-state index is -1.02. The molecule has 1 amide bonds. The Kier molecular flexibility index (Phi) is 5.21. The van der Waals surface area contributed by atoms with Gasteiger partial charge in [-0.1, -0.05) is 0 Å². The average Bonchev–Trinajstić information content (AvgIpc) is 2.64. The van der Waals surface area contributed by atoms with Crippen molar-refractivity contribution in [3.05, 3.63) is 17.5 Å². The molecule has 18 heavy (non-hydrogen) atoms. The normalized spacial score (nSPS) is 12.2. The second-order valence-corrected chi connectivity index (χ2v) is 4.93. The first kappa shape index (κ1) is 14.6. The number of aliphatic carboxylic acids is 1. The van der Waals surface area contributed by atoms with Crippen molar-refractivity contribution in [3.8, 4) is 0 Å². The van der Waals surface area contributed by atoms with E-state index in [-0.39, 0.29) is 5.69 Å². The molecule has 1 aromatic heterocycles. The van der Waals surface area contributed by atoms with Crippen LogP contribution in [0.4, 0.5) is 0 Å². The Balaban J connectivity index is 2.69. The Labute approximate surface area is 110 Å². The molecule has 1 unspecified atom stereocenters. The fourth-order valence-electron chi connectivity index (χ4n) is 1.40. The van der Waals surface area contributed by atoms with Gasteiger partial charge in [-0.05, 0) is 31.4 Å². The number of nitrogens with one attached hydrogen (secondary N) is 1. The first-order valence-electron chi connectivity index (χ1n) is 5.49. The highest BCUT2D eigenvalue weighted by molar-refractivity contribution is 7.98. The van der Waals surface area contributed by atoms with Gasteiger partial charge in [-0.15, -0.1) is 0 Å². The maximum atomic E-state index is 11.8. The van der Waals surface area contributed by atoms with Crippen molar-refractivity contribution < 1.29 is 14.7 Å². The molecule has 100 valence electrons. The second kappa shape index (κ2) is 6.44. The lowest BCUT2D eigenvalue weighted by Gasteiger charge is -2.12. The van der Waals surface area contributed by atoms with Gasteiger partial charge >= 0.3 is 5.97 Å². The van der Waals surface area contributed by atoms with Crippen LogP contribution in [0, 0.1) is 6.92 Å². The number of carbonyl (C=O) groups excluding carboxylic acids is 1. The summed E-state index contributed by atoms with van der Waals surface area (Å²) in [4.78, 5) is 22.8. The molecule has 1 heterocycles. The number of thioether (sulfide) groups is 1. The van der Waals surface area contributed by atoms with Gasteiger partial charge in [0.2, 0.25) is 0 Å². The van der Waals surface area contributed by atoms with Crippen LogP contribution in [0.15, 0.2) is 6.07 Å². The summed E-state index contributed by atoms with van der Waals surface area (Å²) in [6, 6.07) is 0.760. The van der Waals surface area contributed by atoms with Crippen molar-refractivity contribution in [2.75, 3.05) is 12.0 Å². The maximum absolute atomic E-state index is 11.8. The van der Waals surface area contributed by atoms with Crippen molar-refractivity contribution in [1.82, 2.24) is 15.1 Å². The Bertz CT molecular complexity index is 425. The van der Waals surface area contributed by atoms with Crippen LogP contribution >= 0.6 is 11.8 Å². The van der Waals surface area contributed by atoms with Crippen LogP contribution in [-0.4, -0.2) is 44.8 Å². The van der Waals surface area contributed by atoms with Gasteiger partial charge in [0.15, 0.2) is 0 Å². The Morgan fingerprint density at radius 2 is 2.28 bits per heavy atom. The molecule has 0 fully saturated rings. The third-order valence-corrected chi connectivity index (χ3v) is 3.20. The van der Waals surface area contributed by atoms with E-state index in [1.807, 2.05) is 13.2 Å². The van der Waals surface area contributed by atoms with Crippen molar-refractivity contribution in [3.63, 3.8) is 0 Å². The van der Waals surface area contributed by atoms with Crippen molar-refractivity contribution >= 4 is 23.6 Å². The van der Waals surface area contributed by atoms with E-state index in [9.17, 15) is 9.59 Å². The summed E-state index contributed by atoms with van der Waals surface area (Å²) in [5.74, 6) is -0.796. The van der Waals surface area contributed by atoms with Gasteiger partial charge in [0.05, 0.1) is 0 Å². The van der Waals surface area contributed by atoms with Gasteiger partial charge in [-0.2, -0.15) is 16.9 Å². The van der Waals surface area contributed by atoms with E-state index < -0.39 is 17.9 Å². The standard InChI is InChI=1S/C11H17N3O3S/c1-7-6-9(13-14(7)2)10(15)12-8(11(16)17)4-5-18-3/h6,8H,4-5H2,1-3H3,(H,12,15)(H,16,17). The van der Waals surface area contributed by atoms with Gasteiger partial charge in [0, 0.05) is 12.7 Å². The number of carbonyl (C=O) groups is 2. The Morgan fingerprint density at radius 3 is 2.72 bits per heavy atom. The predicted octanol–water partition coefficient (Wildman–Crippen LogP) is 0.665. The maximum Gasteiger partial charge on any atom is 0.326 e. The van der Waals surface area contributed by atoms with Crippen LogP contribution < -0.4 is 5.32 Å². The van der Waals surface area contributed by atoms with Gasteiger partial charge in [0.25, 0.3) is 5.91 Å². The van der Waals surface area contributed by atoms with E-state index >= 15 is 0 Å². The van der Waals surface area contributed by atoms with E-state index in [0.29, 0.717) is 12.2 Å². The number of nitrogens with zero attached hydrogens (tertiary/aromatic N) is 2. The smallest absolute Gasteiger partial charge is 0.326 e. The predicted molar refractivity (Wildman–Crippen MR) is 69.8 cm³/mol. The van der Waals surface area contributed by atoms with E-state index in [1.54, 1.807) is 29.6 Å². The van der Waals surface area contributed by atoms with Crippen LogP contribution in [0.2, 0.25) is 0 Å². The first-order chi connectivity index (χ1) is 8.45. The molecule has 0 aromatic carbocycles. The van der Waals surface area contributed by atoms with Crippen LogP contribution in [0.1, 0.15) is 22.6 Å². The van der Waals surface area contributed by atoms with Crippen LogP contribution in [-0.2, 0) is 11.8 Å². The van der Waals surface area contributed by atoms with Crippen LogP contribution in [0.3, 0.4) is 0 Å². The monoisotopic (exact) mass is 271 g/mol. The summed E-state index contributed by atoms with van der Waals surface area (Å²) >= 11 is 1.54. The number of hydrogen-bond acceptors (Lipinski definition) is 4. The van der Waals surface area contributed by atoms with Crippen molar-refractivity contribution in [1.29, 1.82) is 0 Å². The van der Waals surface area contributed by atoms with Crippen LogP contribution in [0.25, 0.3) is 0 Å². The third-order valence-electron chi connectivity index (χ3n) is 2.56. The summed E-state index contributed by atoms with van der Waals surface area (Å²) in [6.07, 6.45) is 2.29. The SMILES string of the molecule is CSCCC(NC(=O)c1cc(C)n(C)n1)C(=O)O. The van der Waals surface area contributed by atoms with E-state index in [1.165, 1.54) is 0 Å². The van der Waals surface area contributed by atoms with Crippen molar-refractivity contribution in [2.45, 2.75) is 19.4 Å². The van der Waals surface area contributed by atoms with Gasteiger partial charge in [-0.25, -0.2) is 4.79 Å². The number of aromatic nitrogens is 2. The van der Waals surface area contributed by atoms with Gasteiger partial charge in [-0.3, -0.25) is 9.48 Å². The summed E-state index contributed by atoms with van der Waals surface area (Å²) < 4.78 is 1.58. The van der Waals surface area contributed by atoms with Crippen molar-refractivity contribution in [2.24, 2.45) is 7.05 Å². The molecular weight excluding hydrogens is 254 g/mol. The molecule has 6 nitrogen and oxygen atoms in total. The minimum Gasteiger partial charge on any atom is -0.480 e. The largest absolute Gasteiger partial charge is 0.480 e. The molecular formula is C11H17N3O3S. The second-order valence-electron chi connectivity index (χ2n) is 3.94. The first-order valence-corrected chi connectivity index (χ1v) is 6.88. The number of aryl methyl sites for hydroxylation is 2. The number of rotatable bonds is 6. The summed E-state index contributed by atoms with van der Waals surface area (Å²) in [7, 11) is 1.73. The molecule has 1 aromatic rings. The van der Waals surface area contributed by atoms with Gasteiger partial charge < -0.3 is 10.4 Å². The molecule has 2 N–H and O–H groups in total.